The van der Waals surface area contributed by atoms with Gasteiger partial charge in [-0.1, -0.05) is 36.4 Å². The van der Waals surface area contributed by atoms with E-state index in [0.29, 0.717) is 6.42 Å². The maximum absolute atomic E-state index is 13.1. The summed E-state index contributed by atoms with van der Waals surface area (Å²) in [5.41, 5.74) is 2.84. The predicted molar refractivity (Wildman–Crippen MR) is 68.1 cm³/mol. The Morgan fingerprint density at radius 2 is 1.94 bits per heavy atom. The van der Waals surface area contributed by atoms with E-state index in [4.69, 9.17) is 0 Å². The molecule has 2 heteroatoms. The van der Waals surface area contributed by atoms with Gasteiger partial charge in [0.25, 0.3) is 0 Å². The summed E-state index contributed by atoms with van der Waals surface area (Å²) >= 11 is 0. The fourth-order valence-electron chi connectivity index (χ4n) is 2.63. The summed E-state index contributed by atoms with van der Waals surface area (Å²) in [6.07, 6.45) is 1.39. The van der Waals surface area contributed by atoms with Crippen molar-refractivity contribution >= 4 is 5.78 Å². The van der Waals surface area contributed by atoms with E-state index in [-0.39, 0.29) is 17.5 Å². The first kappa shape index (κ1) is 11.1. The Balaban J connectivity index is 1.83. The standard InChI is InChI=1S/C16H13FO/c17-14-6-3-4-11(9-14)8-13-10-12-5-1-2-7-15(12)16(13)18/h1-7,9,13H,8,10H2. The van der Waals surface area contributed by atoms with Crippen molar-refractivity contribution in [1.29, 1.82) is 0 Å². The van der Waals surface area contributed by atoms with Crippen molar-refractivity contribution in [2.45, 2.75) is 12.8 Å². The Morgan fingerprint density at radius 1 is 1.11 bits per heavy atom. The third kappa shape index (κ3) is 1.94. The molecule has 90 valence electrons. The van der Waals surface area contributed by atoms with Crippen LogP contribution in [0.1, 0.15) is 21.5 Å². The van der Waals surface area contributed by atoms with Crippen molar-refractivity contribution in [1.82, 2.24) is 0 Å². The Hall–Kier alpha value is -1.96. The smallest absolute Gasteiger partial charge is 0.166 e. The zero-order chi connectivity index (χ0) is 12.5. The summed E-state index contributed by atoms with van der Waals surface area (Å²) in [6, 6.07) is 14.2. The fraction of sp³-hybridized carbons (Fsp3) is 0.188. The van der Waals surface area contributed by atoms with Gasteiger partial charge in [-0.25, -0.2) is 4.39 Å². The molecule has 0 saturated heterocycles. The molecular formula is C16H13FO. The molecule has 0 heterocycles. The third-order valence-electron chi connectivity index (χ3n) is 3.49. The van der Waals surface area contributed by atoms with Gasteiger partial charge in [-0.15, -0.1) is 0 Å². The zero-order valence-corrected chi connectivity index (χ0v) is 9.90. The van der Waals surface area contributed by atoms with Crippen LogP contribution in [0, 0.1) is 11.7 Å². The molecule has 0 N–H and O–H groups in total. The number of rotatable bonds is 2. The molecule has 1 atom stereocenters. The lowest BCUT2D eigenvalue weighted by Crippen LogP contribution is -2.12. The molecule has 0 aromatic heterocycles. The van der Waals surface area contributed by atoms with Gasteiger partial charge in [-0.2, -0.15) is 0 Å². The number of fused-ring (bicyclic) bond motifs is 1. The molecule has 1 nitrogen and oxygen atoms in total. The third-order valence-corrected chi connectivity index (χ3v) is 3.49. The second-order valence-electron chi connectivity index (χ2n) is 4.76. The van der Waals surface area contributed by atoms with Crippen LogP contribution in [-0.2, 0) is 12.8 Å². The summed E-state index contributed by atoms with van der Waals surface area (Å²) in [5, 5.41) is 0. The number of hydrogen-bond donors (Lipinski definition) is 0. The van der Waals surface area contributed by atoms with Gasteiger partial charge in [-0.3, -0.25) is 4.79 Å². The molecule has 0 spiro atoms. The van der Waals surface area contributed by atoms with Crippen molar-refractivity contribution < 1.29 is 9.18 Å². The molecule has 18 heavy (non-hydrogen) atoms. The number of Topliss-reactive ketones (excluding diaryl/α,β-unsaturated/α-hetero) is 1. The van der Waals surface area contributed by atoms with Gasteiger partial charge >= 0.3 is 0 Å². The molecule has 2 aromatic carbocycles. The largest absolute Gasteiger partial charge is 0.294 e. The average Bonchev–Trinajstić information content (AvgIpc) is 2.67. The topological polar surface area (TPSA) is 17.1 Å². The molecule has 0 aliphatic heterocycles. The van der Waals surface area contributed by atoms with Crippen molar-refractivity contribution in [2.24, 2.45) is 5.92 Å². The first-order chi connectivity index (χ1) is 8.74. The van der Waals surface area contributed by atoms with Crippen LogP contribution in [0.4, 0.5) is 4.39 Å². The molecule has 0 amide bonds. The summed E-state index contributed by atoms with van der Waals surface area (Å²) in [7, 11) is 0. The summed E-state index contributed by atoms with van der Waals surface area (Å²) in [6.45, 7) is 0. The number of carbonyl (C=O) groups is 1. The highest BCUT2D eigenvalue weighted by atomic mass is 19.1. The highest BCUT2D eigenvalue weighted by Gasteiger charge is 2.29. The van der Waals surface area contributed by atoms with Gasteiger partial charge in [0.05, 0.1) is 0 Å². The molecule has 0 bridgehead atoms. The number of benzene rings is 2. The minimum atomic E-state index is -0.240. The average molecular weight is 240 g/mol. The Kier molecular flexibility index (Phi) is 2.71. The van der Waals surface area contributed by atoms with Gasteiger partial charge < -0.3 is 0 Å². The lowest BCUT2D eigenvalue weighted by Gasteiger charge is -2.07. The second-order valence-corrected chi connectivity index (χ2v) is 4.76. The second kappa shape index (κ2) is 4.37. The van der Waals surface area contributed by atoms with Gasteiger partial charge in [-0.05, 0) is 36.1 Å². The van der Waals surface area contributed by atoms with Crippen LogP contribution in [0.5, 0.6) is 0 Å². The first-order valence-electron chi connectivity index (χ1n) is 6.10. The van der Waals surface area contributed by atoms with Crippen LogP contribution in [0.15, 0.2) is 48.5 Å². The van der Waals surface area contributed by atoms with E-state index in [2.05, 4.69) is 0 Å². The molecule has 1 aliphatic rings. The highest BCUT2D eigenvalue weighted by Crippen LogP contribution is 2.29. The van der Waals surface area contributed by atoms with Crippen molar-refractivity contribution in [3.05, 3.63) is 71.0 Å². The van der Waals surface area contributed by atoms with Crippen LogP contribution >= 0.6 is 0 Å². The monoisotopic (exact) mass is 240 g/mol. The highest BCUT2D eigenvalue weighted by molar-refractivity contribution is 6.02. The lowest BCUT2D eigenvalue weighted by molar-refractivity contribution is 0.0936. The number of halogens is 1. The zero-order valence-electron chi connectivity index (χ0n) is 9.90. The fourth-order valence-corrected chi connectivity index (χ4v) is 2.63. The van der Waals surface area contributed by atoms with E-state index in [1.165, 1.54) is 12.1 Å². The van der Waals surface area contributed by atoms with Crippen molar-refractivity contribution in [3.63, 3.8) is 0 Å². The van der Waals surface area contributed by atoms with Crippen LogP contribution in [-0.4, -0.2) is 5.78 Å². The van der Waals surface area contributed by atoms with Crippen LogP contribution < -0.4 is 0 Å². The van der Waals surface area contributed by atoms with Crippen LogP contribution in [0.25, 0.3) is 0 Å². The van der Waals surface area contributed by atoms with Gasteiger partial charge in [0.1, 0.15) is 5.82 Å². The number of carbonyl (C=O) groups excluding carboxylic acids is 1. The number of ketones is 1. The van der Waals surface area contributed by atoms with Gasteiger partial charge in [0, 0.05) is 11.5 Å². The maximum atomic E-state index is 13.1. The lowest BCUT2D eigenvalue weighted by atomic mass is 9.96. The first-order valence-corrected chi connectivity index (χ1v) is 6.10. The number of hydrogen-bond acceptors (Lipinski definition) is 1. The molecule has 3 rings (SSSR count). The predicted octanol–water partition coefficient (Wildman–Crippen LogP) is 3.42. The Labute approximate surface area is 105 Å². The molecule has 0 fully saturated rings. The summed E-state index contributed by atoms with van der Waals surface area (Å²) in [5.74, 6) is -0.0884. The minimum Gasteiger partial charge on any atom is -0.294 e. The van der Waals surface area contributed by atoms with Crippen molar-refractivity contribution in [2.75, 3.05) is 0 Å². The van der Waals surface area contributed by atoms with Crippen LogP contribution in [0.3, 0.4) is 0 Å². The van der Waals surface area contributed by atoms with E-state index in [0.717, 1.165) is 23.1 Å². The maximum Gasteiger partial charge on any atom is 0.166 e. The molecule has 1 unspecified atom stereocenters. The molecule has 2 aromatic rings. The Bertz CT molecular complexity index is 604. The van der Waals surface area contributed by atoms with E-state index in [1.54, 1.807) is 6.07 Å². The van der Waals surface area contributed by atoms with Gasteiger partial charge in [0.15, 0.2) is 5.78 Å². The quantitative estimate of drug-likeness (QED) is 0.786. The van der Waals surface area contributed by atoms with E-state index in [1.807, 2.05) is 30.3 Å². The Morgan fingerprint density at radius 3 is 2.72 bits per heavy atom. The summed E-state index contributed by atoms with van der Waals surface area (Å²) in [4.78, 5) is 12.2. The van der Waals surface area contributed by atoms with E-state index >= 15 is 0 Å². The molecule has 1 aliphatic carbocycles. The summed E-state index contributed by atoms with van der Waals surface area (Å²) < 4.78 is 13.1. The molecule has 0 radical (unpaired) electrons. The molecule has 0 saturated carbocycles. The van der Waals surface area contributed by atoms with Crippen LogP contribution in [0.2, 0.25) is 0 Å². The SMILES string of the molecule is O=C1c2ccccc2CC1Cc1cccc(F)c1. The van der Waals surface area contributed by atoms with E-state index < -0.39 is 0 Å². The van der Waals surface area contributed by atoms with Crippen molar-refractivity contribution in [3.8, 4) is 0 Å². The molecular weight excluding hydrogens is 227 g/mol. The normalized spacial score (nSPS) is 17.8. The minimum absolute atomic E-state index is 0.0378. The van der Waals surface area contributed by atoms with E-state index in [9.17, 15) is 9.18 Å². The van der Waals surface area contributed by atoms with Gasteiger partial charge in [0.2, 0.25) is 0 Å².